The average molecular weight is 348 g/mol. The Morgan fingerprint density at radius 1 is 1.00 bits per heavy atom. The topological polar surface area (TPSA) is 16.8 Å². The van der Waals surface area contributed by atoms with E-state index in [0.29, 0.717) is 5.92 Å². The van der Waals surface area contributed by atoms with Crippen molar-refractivity contribution in [2.75, 3.05) is 0 Å². The van der Waals surface area contributed by atoms with Crippen LogP contribution in [-0.4, -0.2) is 4.98 Å². The summed E-state index contributed by atoms with van der Waals surface area (Å²) < 4.78 is 2.16. The van der Waals surface area contributed by atoms with Gasteiger partial charge in [0, 0.05) is 5.56 Å². The lowest BCUT2D eigenvalue weighted by atomic mass is 9.83. The molecule has 0 aliphatic heterocycles. The van der Waals surface area contributed by atoms with Gasteiger partial charge < -0.3 is 0 Å². The van der Waals surface area contributed by atoms with Crippen LogP contribution in [0.4, 0.5) is 0 Å². The van der Waals surface area contributed by atoms with Crippen molar-refractivity contribution in [3.63, 3.8) is 0 Å². The largest absolute Gasteiger partial charge is 0.287 e. The first-order valence-electron chi connectivity index (χ1n) is 9.50. The highest BCUT2D eigenvalue weighted by molar-refractivity contribution is 5.92. The second kappa shape index (κ2) is 6.50. The molecule has 0 saturated heterocycles. The standard InChI is InChI=1S/C24H31N2/c1-15(2)18-9-10-20-22(12-18)25-14-26(8)23(20)21-13-19(24(5,6)7)11-16(3)17(21)4/h9-15H,1-8H3/q+1. The molecule has 2 heteroatoms. The highest BCUT2D eigenvalue weighted by atomic mass is 15.0. The monoisotopic (exact) mass is 347 g/mol. The predicted molar refractivity (Wildman–Crippen MR) is 111 cm³/mol. The van der Waals surface area contributed by atoms with E-state index in [-0.39, 0.29) is 5.41 Å². The van der Waals surface area contributed by atoms with Gasteiger partial charge in [0.15, 0.2) is 5.52 Å². The quantitative estimate of drug-likeness (QED) is 0.538. The minimum atomic E-state index is 0.124. The molecule has 1 heterocycles. The van der Waals surface area contributed by atoms with Gasteiger partial charge in [0.2, 0.25) is 0 Å². The molecule has 2 nitrogen and oxygen atoms in total. The first-order chi connectivity index (χ1) is 12.1. The highest BCUT2D eigenvalue weighted by Crippen LogP contribution is 2.34. The Morgan fingerprint density at radius 2 is 1.69 bits per heavy atom. The fourth-order valence-electron chi connectivity index (χ4n) is 3.48. The zero-order valence-corrected chi connectivity index (χ0v) is 17.4. The van der Waals surface area contributed by atoms with Gasteiger partial charge in [0.25, 0.3) is 6.33 Å². The second-order valence-electron chi connectivity index (χ2n) is 8.85. The Morgan fingerprint density at radius 3 is 2.31 bits per heavy atom. The summed E-state index contributed by atoms with van der Waals surface area (Å²) in [6.45, 7) is 15.7. The fraction of sp³-hybridized carbons (Fsp3) is 0.417. The van der Waals surface area contributed by atoms with Crippen LogP contribution in [0.25, 0.3) is 22.2 Å². The molecule has 26 heavy (non-hydrogen) atoms. The lowest BCUT2D eigenvalue weighted by Crippen LogP contribution is -2.32. The zero-order chi connectivity index (χ0) is 19.2. The van der Waals surface area contributed by atoms with Crippen molar-refractivity contribution in [2.45, 2.75) is 59.8 Å². The lowest BCUT2D eigenvalue weighted by Gasteiger charge is -2.22. The van der Waals surface area contributed by atoms with E-state index >= 15 is 0 Å². The van der Waals surface area contributed by atoms with Crippen LogP contribution < -0.4 is 4.57 Å². The number of aromatic nitrogens is 2. The van der Waals surface area contributed by atoms with Crippen molar-refractivity contribution in [2.24, 2.45) is 7.05 Å². The smallest absolute Gasteiger partial charge is 0.232 e. The maximum absolute atomic E-state index is 4.70. The summed E-state index contributed by atoms with van der Waals surface area (Å²) in [6, 6.07) is 11.4. The molecule has 3 rings (SSSR count). The molecule has 0 atom stereocenters. The van der Waals surface area contributed by atoms with Crippen LogP contribution in [-0.2, 0) is 12.5 Å². The molecule has 0 unspecified atom stereocenters. The molecule has 0 aliphatic rings. The van der Waals surface area contributed by atoms with Crippen molar-refractivity contribution in [1.29, 1.82) is 0 Å². The number of hydrogen-bond acceptors (Lipinski definition) is 1. The number of nitrogens with zero attached hydrogens (tertiary/aromatic N) is 2. The van der Waals surface area contributed by atoms with Gasteiger partial charge in [-0.05, 0) is 70.6 Å². The molecular formula is C24H31N2+. The first-order valence-corrected chi connectivity index (χ1v) is 9.50. The lowest BCUT2D eigenvalue weighted by molar-refractivity contribution is -0.662. The molecule has 0 spiro atoms. The molecule has 0 saturated carbocycles. The van der Waals surface area contributed by atoms with E-state index in [1.165, 1.54) is 38.9 Å². The molecule has 0 amide bonds. The van der Waals surface area contributed by atoms with E-state index in [9.17, 15) is 0 Å². The van der Waals surface area contributed by atoms with Crippen molar-refractivity contribution in [1.82, 2.24) is 4.98 Å². The molecule has 3 aromatic rings. The van der Waals surface area contributed by atoms with E-state index in [4.69, 9.17) is 4.98 Å². The Bertz CT molecular complexity index is 976. The van der Waals surface area contributed by atoms with Gasteiger partial charge in [-0.1, -0.05) is 46.8 Å². The van der Waals surface area contributed by atoms with Crippen molar-refractivity contribution in [3.05, 3.63) is 58.9 Å². The highest BCUT2D eigenvalue weighted by Gasteiger charge is 2.22. The van der Waals surface area contributed by atoms with Crippen LogP contribution in [0, 0.1) is 13.8 Å². The summed E-state index contributed by atoms with van der Waals surface area (Å²) in [5.41, 5.74) is 9.15. The number of hydrogen-bond donors (Lipinski definition) is 0. The predicted octanol–water partition coefficient (Wildman–Crippen LogP) is 5.76. The molecule has 2 aromatic carbocycles. The van der Waals surface area contributed by atoms with Gasteiger partial charge in [0.1, 0.15) is 5.69 Å². The summed E-state index contributed by atoms with van der Waals surface area (Å²) >= 11 is 0. The number of fused-ring (bicyclic) bond motifs is 1. The zero-order valence-electron chi connectivity index (χ0n) is 17.4. The molecule has 0 aliphatic carbocycles. The third-order valence-electron chi connectivity index (χ3n) is 5.45. The van der Waals surface area contributed by atoms with Crippen LogP contribution in [0.15, 0.2) is 36.7 Å². The SMILES string of the molecule is Cc1cc(C(C)(C)C)cc(-c2c3ccc(C(C)C)cc3nc[n+]2C)c1C. The third-order valence-corrected chi connectivity index (χ3v) is 5.45. The normalized spacial score (nSPS) is 12.2. The van der Waals surface area contributed by atoms with Crippen LogP contribution >= 0.6 is 0 Å². The summed E-state index contributed by atoms with van der Waals surface area (Å²) in [7, 11) is 2.09. The number of benzene rings is 2. The van der Waals surface area contributed by atoms with Gasteiger partial charge in [-0.2, -0.15) is 0 Å². The molecule has 0 radical (unpaired) electrons. The number of aryl methyl sites for hydroxylation is 2. The molecule has 0 bridgehead atoms. The minimum absolute atomic E-state index is 0.124. The fourth-order valence-corrected chi connectivity index (χ4v) is 3.48. The van der Waals surface area contributed by atoms with Crippen LogP contribution in [0.3, 0.4) is 0 Å². The van der Waals surface area contributed by atoms with E-state index in [0.717, 1.165) is 5.52 Å². The van der Waals surface area contributed by atoms with E-state index < -0.39 is 0 Å². The average Bonchev–Trinajstić information content (AvgIpc) is 2.56. The van der Waals surface area contributed by atoms with Gasteiger partial charge in [0.05, 0.1) is 12.4 Å². The maximum atomic E-state index is 4.70. The summed E-state index contributed by atoms with van der Waals surface area (Å²) in [6.07, 6.45) is 1.94. The van der Waals surface area contributed by atoms with Gasteiger partial charge in [-0.25, -0.2) is 4.57 Å². The first kappa shape index (κ1) is 18.6. The second-order valence-corrected chi connectivity index (χ2v) is 8.85. The molecule has 1 aromatic heterocycles. The Kier molecular flexibility index (Phi) is 4.64. The maximum Gasteiger partial charge on any atom is 0.287 e. The van der Waals surface area contributed by atoms with E-state index in [1.54, 1.807) is 0 Å². The molecular weight excluding hydrogens is 316 g/mol. The number of rotatable bonds is 2. The Labute approximate surface area is 157 Å². The minimum Gasteiger partial charge on any atom is -0.232 e. The van der Waals surface area contributed by atoms with Crippen LogP contribution in [0.5, 0.6) is 0 Å². The third kappa shape index (κ3) is 3.25. The Hall–Kier alpha value is -2.22. The van der Waals surface area contributed by atoms with E-state index in [2.05, 4.69) is 90.4 Å². The van der Waals surface area contributed by atoms with Gasteiger partial charge in [-0.3, -0.25) is 0 Å². The Balaban J connectivity index is 2.35. The van der Waals surface area contributed by atoms with E-state index in [1.807, 2.05) is 6.33 Å². The summed E-state index contributed by atoms with van der Waals surface area (Å²) in [5, 5.41) is 1.22. The van der Waals surface area contributed by atoms with Crippen LogP contribution in [0.1, 0.15) is 62.8 Å². The van der Waals surface area contributed by atoms with Crippen molar-refractivity contribution < 1.29 is 4.57 Å². The van der Waals surface area contributed by atoms with Gasteiger partial charge in [-0.15, -0.1) is 0 Å². The molecule has 0 fully saturated rings. The summed E-state index contributed by atoms with van der Waals surface area (Å²) in [5.74, 6) is 0.506. The van der Waals surface area contributed by atoms with Crippen molar-refractivity contribution >= 4 is 10.9 Å². The van der Waals surface area contributed by atoms with Gasteiger partial charge >= 0.3 is 0 Å². The molecule has 136 valence electrons. The molecule has 0 N–H and O–H groups in total. The van der Waals surface area contributed by atoms with Crippen molar-refractivity contribution in [3.8, 4) is 11.3 Å². The van der Waals surface area contributed by atoms with Crippen LogP contribution in [0.2, 0.25) is 0 Å². The summed E-state index contributed by atoms with van der Waals surface area (Å²) in [4.78, 5) is 4.70.